The van der Waals surface area contributed by atoms with Crippen LogP contribution in [0.25, 0.3) is 0 Å². The molecule has 0 spiro atoms. The summed E-state index contributed by atoms with van der Waals surface area (Å²) in [7, 11) is 1.41. The number of para-hydroxylation sites is 1. The van der Waals surface area contributed by atoms with E-state index in [0.29, 0.717) is 13.0 Å². The van der Waals surface area contributed by atoms with Gasteiger partial charge in [-0.3, -0.25) is 4.79 Å². The van der Waals surface area contributed by atoms with E-state index in [0.717, 1.165) is 11.3 Å². The highest BCUT2D eigenvalue weighted by Gasteiger charge is 2.25. The largest absolute Gasteiger partial charge is 0.491 e. The van der Waals surface area contributed by atoms with Crippen molar-refractivity contribution in [3.8, 4) is 5.75 Å². The first-order valence-electron chi connectivity index (χ1n) is 5.75. The van der Waals surface area contributed by atoms with Gasteiger partial charge in [-0.25, -0.2) is 0 Å². The van der Waals surface area contributed by atoms with Gasteiger partial charge < -0.3 is 14.8 Å². The lowest BCUT2D eigenvalue weighted by Crippen LogP contribution is -2.33. The fourth-order valence-corrected chi connectivity index (χ4v) is 2.04. The van der Waals surface area contributed by atoms with Crippen LogP contribution < -0.4 is 10.1 Å². The van der Waals surface area contributed by atoms with Crippen molar-refractivity contribution in [1.29, 1.82) is 0 Å². The molecule has 0 aliphatic carbocycles. The molecule has 92 valence electrons. The van der Waals surface area contributed by atoms with Crippen LogP contribution in [0.1, 0.15) is 24.9 Å². The van der Waals surface area contributed by atoms with Crippen LogP contribution in [0.2, 0.25) is 0 Å². The molecule has 0 bridgehead atoms. The molecule has 4 heteroatoms. The van der Waals surface area contributed by atoms with Gasteiger partial charge >= 0.3 is 5.97 Å². The number of rotatable bonds is 4. The summed E-state index contributed by atoms with van der Waals surface area (Å²) < 4.78 is 10.2. The average molecular weight is 235 g/mol. The molecule has 1 N–H and O–H groups in total. The molecule has 0 aromatic heterocycles. The number of esters is 1. The number of carbonyl (C=O) groups is 1. The minimum absolute atomic E-state index is 0.0715. The van der Waals surface area contributed by atoms with Crippen LogP contribution in [-0.4, -0.2) is 25.7 Å². The van der Waals surface area contributed by atoms with Crippen molar-refractivity contribution in [2.75, 3.05) is 13.7 Å². The van der Waals surface area contributed by atoms with Crippen molar-refractivity contribution in [3.05, 3.63) is 29.8 Å². The van der Waals surface area contributed by atoms with E-state index in [1.165, 1.54) is 7.11 Å². The van der Waals surface area contributed by atoms with E-state index in [1.807, 2.05) is 31.2 Å². The summed E-state index contributed by atoms with van der Waals surface area (Å²) in [6.45, 7) is 2.59. The molecule has 17 heavy (non-hydrogen) atoms. The third-order valence-corrected chi connectivity index (χ3v) is 2.89. The van der Waals surface area contributed by atoms with Crippen molar-refractivity contribution in [3.63, 3.8) is 0 Å². The maximum atomic E-state index is 11.1. The zero-order valence-corrected chi connectivity index (χ0v) is 10.1. The summed E-state index contributed by atoms with van der Waals surface area (Å²) in [6.07, 6.45) is 0.370. The van der Waals surface area contributed by atoms with E-state index in [2.05, 4.69) is 10.1 Å². The van der Waals surface area contributed by atoms with Crippen molar-refractivity contribution in [2.24, 2.45) is 0 Å². The minimum atomic E-state index is -0.197. The van der Waals surface area contributed by atoms with Crippen LogP contribution >= 0.6 is 0 Å². The average Bonchev–Trinajstić information content (AvgIpc) is 2.72. The number of hydrogen-bond acceptors (Lipinski definition) is 4. The summed E-state index contributed by atoms with van der Waals surface area (Å²) in [4.78, 5) is 11.1. The van der Waals surface area contributed by atoms with E-state index in [9.17, 15) is 4.79 Å². The zero-order valence-electron chi connectivity index (χ0n) is 10.1. The van der Waals surface area contributed by atoms with Crippen LogP contribution in [0.4, 0.5) is 0 Å². The van der Waals surface area contributed by atoms with Gasteiger partial charge in [-0.1, -0.05) is 18.2 Å². The molecule has 2 rings (SSSR count). The molecule has 4 nitrogen and oxygen atoms in total. The third-order valence-electron chi connectivity index (χ3n) is 2.89. The maximum Gasteiger partial charge on any atom is 0.307 e. The highest BCUT2D eigenvalue weighted by atomic mass is 16.5. The highest BCUT2D eigenvalue weighted by molar-refractivity contribution is 5.69. The summed E-state index contributed by atoms with van der Waals surface area (Å²) >= 11 is 0. The monoisotopic (exact) mass is 235 g/mol. The minimum Gasteiger partial charge on any atom is -0.491 e. The number of ether oxygens (including phenoxy) is 2. The second-order valence-electron chi connectivity index (χ2n) is 4.25. The fourth-order valence-electron chi connectivity index (χ4n) is 2.04. The molecule has 0 fully saturated rings. The normalized spacial score (nSPS) is 19.3. The molecule has 1 aromatic carbocycles. The Morgan fingerprint density at radius 2 is 2.35 bits per heavy atom. The first-order chi connectivity index (χ1) is 8.20. The number of fused-ring (bicyclic) bond motifs is 1. The van der Waals surface area contributed by atoms with Crippen LogP contribution in [0.3, 0.4) is 0 Å². The Morgan fingerprint density at radius 3 is 3.12 bits per heavy atom. The highest BCUT2D eigenvalue weighted by Crippen LogP contribution is 2.31. The van der Waals surface area contributed by atoms with Gasteiger partial charge in [-0.2, -0.15) is 0 Å². The summed E-state index contributed by atoms with van der Waals surface area (Å²) in [5, 5.41) is 3.37. The van der Waals surface area contributed by atoms with Gasteiger partial charge in [0.05, 0.1) is 19.6 Å². The molecular formula is C13H17NO3. The molecule has 0 saturated heterocycles. The molecule has 0 amide bonds. The molecule has 1 aliphatic heterocycles. The van der Waals surface area contributed by atoms with Gasteiger partial charge in [0, 0.05) is 11.6 Å². The Bertz CT molecular complexity index is 405. The van der Waals surface area contributed by atoms with E-state index in [-0.39, 0.29) is 18.1 Å². The van der Waals surface area contributed by atoms with Gasteiger partial charge in [-0.05, 0) is 13.0 Å². The van der Waals surface area contributed by atoms with Gasteiger partial charge in [0.1, 0.15) is 12.4 Å². The predicted octanol–water partition coefficient (Wildman–Crippen LogP) is 1.66. The number of methoxy groups -OCH3 is 1. The molecule has 1 aliphatic rings. The Kier molecular flexibility index (Phi) is 3.64. The SMILES string of the molecule is COC(=O)CC(C)NC1COc2ccccc21. The van der Waals surface area contributed by atoms with Gasteiger partial charge in [0.25, 0.3) is 0 Å². The van der Waals surface area contributed by atoms with Crippen LogP contribution in [0.15, 0.2) is 24.3 Å². The molecule has 2 atom stereocenters. The van der Waals surface area contributed by atoms with Crippen molar-refractivity contribution in [2.45, 2.75) is 25.4 Å². The van der Waals surface area contributed by atoms with Gasteiger partial charge in [-0.15, -0.1) is 0 Å². The lowest BCUT2D eigenvalue weighted by Gasteiger charge is -2.17. The fraction of sp³-hybridized carbons (Fsp3) is 0.462. The molecule has 1 heterocycles. The molecule has 2 unspecified atom stereocenters. The number of benzene rings is 1. The second-order valence-corrected chi connectivity index (χ2v) is 4.25. The van der Waals surface area contributed by atoms with Crippen molar-refractivity contribution < 1.29 is 14.3 Å². The predicted molar refractivity (Wildman–Crippen MR) is 63.9 cm³/mol. The summed E-state index contributed by atoms with van der Waals surface area (Å²) in [6, 6.07) is 8.19. The van der Waals surface area contributed by atoms with Gasteiger partial charge in [0.15, 0.2) is 0 Å². The Morgan fingerprint density at radius 1 is 1.59 bits per heavy atom. The Labute approximate surface area is 101 Å². The van der Waals surface area contributed by atoms with Crippen LogP contribution in [0.5, 0.6) is 5.75 Å². The quantitative estimate of drug-likeness (QED) is 0.806. The van der Waals surface area contributed by atoms with Gasteiger partial charge in [0.2, 0.25) is 0 Å². The summed E-state index contributed by atoms with van der Waals surface area (Å²) in [5.41, 5.74) is 1.16. The Balaban J connectivity index is 1.95. The van der Waals surface area contributed by atoms with E-state index in [4.69, 9.17) is 4.74 Å². The number of nitrogens with one attached hydrogen (secondary N) is 1. The van der Waals surface area contributed by atoms with E-state index < -0.39 is 0 Å². The van der Waals surface area contributed by atoms with Crippen LogP contribution in [-0.2, 0) is 9.53 Å². The molecule has 1 aromatic rings. The molecule has 0 radical (unpaired) electrons. The smallest absolute Gasteiger partial charge is 0.307 e. The lowest BCUT2D eigenvalue weighted by molar-refractivity contribution is -0.141. The van der Waals surface area contributed by atoms with E-state index >= 15 is 0 Å². The van der Waals surface area contributed by atoms with Crippen LogP contribution in [0, 0.1) is 0 Å². The molecule has 0 saturated carbocycles. The van der Waals surface area contributed by atoms with Crippen molar-refractivity contribution in [1.82, 2.24) is 5.32 Å². The number of carbonyl (C=O) groups excluding carboxylic acids is 1. The van der Waals surface area contributed by atoms with Crippen molar-refractivity contribution >= 4 is 5.97 Å². The van der Waals surface area contributed by atoms with E-state index in [1.54, 1.807) is 0 Å². The first-order valence-corrected chi connectivity index (χ1v) is 5.75. The summed E-state index contributed by atoms with van der Waals surface area (Å²) in [5.74, 6) is 0.729. The Hall–Kier alpha value is -1.55. The lowest BCUT2D eigenvalue weighted by atomic mass is 10.1. The maximum absolute atomic E-state index is 11.1. The zero-order chi connectivity index (χ0) is 12.3. The third kappa shape index (κ3) is 2.77. The second kappa shape index (κ2) is 5.19. The molecular weight excluding hydrogens is 218 g/mol. The first kappa shape index (κ1) is 11.9. The standard InChI is InChI=1S/C13H17NO3/c1-9(7-13(15)16-2)14-11-8-17-12-6-4-3-5-10(11)12/h3-6,9,11,14H,7-8H2,1-2H3. The topological polar surface area (TPSA) is 47.6 Å². The number of hydrogen-bond donors (Lipinski definition) is 1.